The Balaban J connectivity index is 1.73. The van der Waals surface area contributed by atoms with Crippen LogP contribution in [0.5, 0.6) is 0 Å². The van der Waals surface area contributed by atoms with Crippen molar-refractivity contribution in [3.8, 4) is 5.13 Å². The molecule has 1 aliphatic heterocycles. The van der Waals surface area contributed by atoms with Crippen LogP contribution in [0, 0.1) is 6.92 Å². The number of nitrogens with zero attached hydrogens (tertiary/aromatic N) is 6. The van der Waals surface area contributed by atoms with Crippen molar-refractivity contribution in [1.82, 2.24) is 18.9 Å². The van der Waals surface area contributed by atoms with E-state index in [4.69, 9.17) is 15.1 Å². The van der Waals surface area contributed by atoms with E-state index in [2.05, 4.69) is 19.5 Å². The molecule has 3 N–H and O–H groups in total. The maximum atomic E-state index is 12.8. The minimum atomic E-state index is -1.33. The van der Waals surface area contributed by atoms with Gasteiger partial charge in [0.1, 0.15) is 17.7 Å². The zero-order valence-electron chi connectivity index (χ0n) is 16.3. The first-order valence-electron chi connectivity index (χ1n) is 9.18. The van der Waals surface area contributed by atoms with Crippen LogP contribution in [-0.2, 0) is 4.84 Å². The lowest BCUT2D eigenvalue weighted by Gasteiger charge is -2.33. The number of hydrogen-bond acceptors (Lipinski definition) is 11. The fraction of sp³-hybridized carbons (Fsp3) is 0.333. The molecule has 12 nitrogen and oxygen atoms in total. The molecule has 3 aromatic heterocycles. The third-order valence-corrected chi connectivity index (χ3v) is 5.40. The number of anilines is 1. The van der Waals surface area contributed by atoms with Crippen molar-refractivity contribution in [3.63, 3.8) is 0 Å². The van der Waals surface area contributed by atoms with Gasteiger partial charge in [0.15, 0.2) is 11.8 Å². The van der Waals surface area contributed by atoms with E-state index in [-0.39, 0.29) is 29.8 Å². The number of oxime groups is 1. The first kappa shape index (κ1) is 20.8. The van der Waals surface area contributed by atoms with Crippen LogP contribution in [0.25, 0.3) is 16.2 Å². The highest BCUT2D eigenvalue weighted by molar-refractivity contribution is 7.08. The van der Waals surface area contributed by atoms with E-state index in [9.17, 15) is 14.7 Å². The number of fused-ring (bicyclic) bond motifs is 1. The van der Waals surface area contributed by atoms with Gasteiger partial charge in [-0.1, -0.05) is 5.16 Å². The Morgan fingerprint density at radius 1 is 1.35 bits per heavy atom. The van der Waals surface area contributed by atoms with E-state index in [1.54, 1.807) is 13.0 Å². The molecule has 0 radical (unpaired) electrons. The highest BCUT2D eigenvalue weighted by Crippen LogP contribution is 2.25. The first-order chi connectivity index (χ1) is 14.9. The Hall–Kier alpha value is -3.42. The average Bonchev–Trinajstić information content (AvgIpc) is 3.24. The topological polar surface area (TPSA) is 163 Å². The van der Waals surface area contributed by atoms with Gasteiger partial charge in [-0.05, 0) is 18.6 Å². The average molecular weight is 446 g/mol. The van der Waals surface area contributed by atoms with E-state index in [0.29, 0.717) is 35.3 Å². The maximum Gasteiger partial charge on any atom is 0.341 e. The van der Waals surface area contributed by atoms with Gasteiger partial charge in [-0.2, -0.15) is 4.37 Å². The van der Waals surface area contributed by atoms with Gasteiger partial charge in [0.2, 0.25) is 10.6 Å². The molecule has 4 heterocycles. The van der Waals surface area contributed by atoms with Crippen LogP contribution in [0.4, 0.5) is 5.82 Å². The summed E-state index contributed by atoms with van der Waals surface area (Å²) in [6.45, 7) is 1.86. The molecule has 4 rings (SSSR count). The van der Waals surface area contributed by atoms with Crippen LogP contribution >= 0.6 is 11.5 Å². The summed E-state index contributed by atoms with van der Waals surface area (Å²) in [4.78, 5) is 40.0. The summed E-state index contributed by atoms with van der Waals surface area (Å²) in [5.41, 5.74) is 0.572. The second-order valence-electron chi connectivity index (χ2n) is 6.87. The summed E-state index contributed by atoms with van der Waals surface area (Å²) in [6, 6.07) is 1.71. The third-order valence-electron chi connectivity index (χ3n) is 4.74. The molecule has 3 aromatic rings. The molecule has 0 atom stereocenters. The van der Waals surface area contributed by atoms with Crippen LogP contribution in [0.2, 0.25) is 0 Å². The first-order valence-corrected chi connectivity index (χ1v) is 9.95. The molecule has 0 unspecified atom stereocenters. The Morgan fingerprint density at radius 3 is 2.71 bits per heavy atom. The standard InChI is InChI=1S/C18H18N6O6S/c1-9-2-13(23-3-10(4-23)22-30-11(6-25)7-26)21-16-14(9)15(27)12(17(28)29)5-24(16)18-19-8-20-31-18/h2,5,8,11,25-26H,3-4,6-7H2,1H3,(H,28,29). The molecule has 1 saturated heterocycles. The minimum Gasteiger partial charge on any atom is -0.477 e. The maximum absolute atomic E-state index is 12.8. The fourth-order valence-electron chi connectivity index (χ4n) is 3.10. The lowest BCUT2D eigenvalue weighted by molar-refractivity contribution is -0.0176. The molecule has 0 spiro atoms. The van der Waals surface area contributed by atoms with Gasteiger partial charge in [-0.15, -0.1) is 0 Å². The quantitative estimate of drug-likeness (QED) is 0.414. The van der Waals surface area contributed by atoms with Crippen LogP contribution in [0.1, 0.15) is 15.9 Å². The van der Waals surface area contributed by atoms with Gasteiger partial charge in [0, 0.05) is 17.7 Å². The normalized spacial score (nSPS) is 13.5. The lowest BCUT2D eigenvalue weighted by atomic mass is 10.1. The largest absolute Gasteiger partial charge is 0.477 e. The number of aliphatic hydroxyl groups is 2. The Labute approximate surface area is 178 Å². The van der Waals surface area contributed by atoms with Gasteiger partial charge in [0.05, 0.1) is 37.4 Å². The predicted molar refractivity (Wildman–Crippen MR) is 111 cm³/mol. The van der Waals surface area contributed by atoms with Crippen LogP contribution in [0.15, 0.2) is 28.5 Å². The molecule has 0 saturated carbocycles. The van der Waals surface area contributed by atoms with E-state index in [0.717, 1.165) is 11.5 Å². The van der Waals surface area contributed by atoms with E-state index in [1.807, 2.05) is 4.90 Å². The number of carbonyl (C=O) groups is 1. The summed E-state index contributed by atoms with van der Waals surface area (Å²) < 4.78 is 5.41. The molecule has 0 bridgehead atoms. The molecular weight excluding hydrogens is 428 g/mol. The highest BCUT2D eigenvalue weighted by atomic mass is 32.1. The van der Waals surface area contributed by atoms with Crippen molar-refractivity contribution in [2.24, 2.45) is 5.16 Å². The van der Waals surface area contributed by atoms with E-state index in [1.165, 1.54) is 17.1 Å². The number of rotatable bonds is 7. The molecule has 0 aromatic carbocycles. The Kier molecular flexibility index (Phi) is 5.63. The van der Waals surface area contributed by atoms with Crippen molar-refractivity contribution in [3.05, 3.63) is 39.9 Å². The molecule has 13 heteroatoms. The second kappa shape index (κ2) is 8.37. The van der Waals surface area contributed by atoms with Crippen molar-refractivity contribution in [1.29, 1.82) is 0 Å². The third kappa shape index (κ3) is 3.85. The number of aryl methyl sites for hydroxylation is 1. The summed E-state index contributed by atoms with van der Waals surface area (Å²) in [5.74, 6) is -0.758. The van der Waals surface area contributed by atoms with Gasteiger partial charge >= 0.3 is 5.97 Å². The fourth-order valence-corrected chi connectivity index (χ4v) is 3.61. The van der Waals surface area contributed by atoms with Gasteiger partial charge < -0.3 is 25.1 Å². The summed E-state index contributed by atoms with van der Waals surface area (Å²) >= 11 is 1.05. The zero-order chi connectivity index (χ0) is 22.1. The molecular formula is C18H18N6O6S. The van der Waals surface area contributed by atoms with Crippen molar-refractivity contribution < 1.29 is 25.0 Å². The van der Waals surface area contributed by atoms with Gasteiger partial charge in [0.25, 0.3) is 0 Å². The Bertz CT molecular complexity index is 1210. The number of carboxylic acid groups (broad SMARTS) is 1. The lowest BCUT2D eigenvalue weighted by Crippen LogP contribution is -2.48. The predicted octanol–water partition coefficient (Wildman–Crippen LogP) is -0.210. The molecule has 1 aliphatic rings. The van der Waals surface area contributed by atoms with E-state index < -0.39 is 17.5 Å². The van der Waals surface area contributed by atoms with Crippen molar-refractivity contribution >= 4 is 40.1 Å². The van der Waals surface area contributed by atoms with Crippen molar-refractivity contribution in [2.45, 2.75) is 13.0 Å². The monoisotopic (exact) mass is 446 g/mol. The number of aliphatic hydroxyl groups excluding tert-OH is 2. The number of pyridine rings is 2. The number of carboxylic acids is 1. The van der Waals surface area contributed by atoms with Crippen LogP contribution in [-0.4, -0.2) is 78.3 Å². The highest BCUT2D eigenvalue weighted by Gasteiger charge is 2.27. The van der Waals surface area contributed by atoms with Crippen LogP contribution in [0.3, 0.4) is 0 Å². The number of aromatic carboxylic acids is 1. The second-order valence-corrected chi connectivity index (χ2v) is 7.63. The minimum absolute atomic E-state index is 0.199. The summed E-state index contributed by atoms with van der Waals surface area (Å²) in [5, 5.41) is 32.0. The van der Waals surface area contributed by atoms with Gasteiger partial charge in [-0.25, -0.2) is 14.8 Å². The smallest absolute Gasteiger partial charge is 0.341 e. The molecule has 162 valence electrons. The van der Waals surface area contributed by atoms with Crippen molar-refractivity contribution in [2.75, 3.05) is 31.2 Å². The summed E-state index contributed by atoms with van der Waals surface area (Å²) in [6.07, 6.45) is 1.78. The molecule has 31 heavy (non-hydrogen) atoms. The van der Waals surface area contributed by atoms with Crippen LogP contribution < -0.4 is 10.3 Å². The molecule has 0 amide bonds. The molecule has 0 aliphatic carbocycles. The summed E-state index contributed by atoms with van der Waals surface area (Å²) in [7, 11) is 0. The van der Waals surface area contributed by atoms with E-state index >= 15 is 0 Å². The van der Waals surface area contributed by atoms with Gasteiger partial charge in [-0.3, -0.25) is 9.36 Å². The Morgan fingerprint density at radius 2 is 2.10 bits per heavy atom. The SMILES string of the molecule is Cc1cc(N2CC(=NOC(CO)CO)C2)nc2c1c(=O)c(C(=O)O)cn2-c1ncns1. The number of aromatic nitrogens is 4. The zero-order valence-corrected chi connectivity index (χ0v) is 17.1. The molecule has 1 fully saturated rings. The number of hydrogen-bond donors (Lipinski definition) is 3.